The molecule has 11 heteroatoms. The van der Waals surface area contributed by atoms with Gasteiger partial charge in [-0.05, 0) is 42.0 Å². The van der Waals surface area contributed by atoms with Crippen LogP contribution in [0.3, 0.4) is 0 Å². The standard InChI is InChI=1S/C21H13ClF6N2O2/c22-16-3-1-2-12(6-16)10-30-11-13(4-5-18(30)31)19(32)29-17-8-14(20(23,24)25)7-15(9-17)21(26,27)28/h1-9,11H,10H2,(H,29,32). The maximum atomic E-state index is 13.0. The summed E-state index contributed by atoms with van der Waals surface area (Å²) in [7, 11) is 0. The van der Waals surface area contributed by atoms with Crippen molar-refractivity contribution in [2.24, 2.45) is 0 Å². The fourth-order valence-electron chi connectivity index (χ4n) is 2.85. The maximum absolute atomic E-state index is 13.0. The maximum Gasteiger partial charge on any atom is 0.416 e. The number of carbonyl (C=O) groups excluding carboxylic acids is 1. The van der Waals surface area contributed by atoms with Crippen molar-refractivity contribution >= 4 is 23.2 Å². The van der Waals surface area contributed by atoms with E-state index in [9.17, 15) is 35.9 Å². The van der Waals surface area contributed by atoms with Crippen LogP contribution in [0.2, 0.25) is 5.02 Å². The third-order valence-electron chi connectivity index (χ3n) is 4.33. The Morgan fingerprint density at radius 1 is 0.906 bits per heavy atom. The van der Waals surface area contributed by atoms with E-state index >= 15 is 0 Å². The van der Waals surface area contributed by atoms with E-state index in [1.807, 2.05) is 5.32 Å². The molecule has 0 aliphatic rings. The van der Waals surface area contributed by atoms with Crippen LogP contribution in [0.4, 0.5) is 32.0 Å². The molecule has 0 atom stereocenters. The number of pyridine rings is 1. The normalized spacial score (nSPS) is 12.0. The van der Waals surface area contributed by atoms with Gasteiger partial charge in [0.05, 0.1) is 23.2 Å². The highest BCUT2D eigenvalue weighted by Crippen LogP contribution is 2.37. The molecule has 32 heavy (non-hydrogen) atoms. The summed E-state index contributed by atoms with van der Waals surface area (Å²) in [6.45, 7) is 0.0439. The molecule has 4 nitrogen and oxygen atoms in total. The lowest BCUT2D eigenvalue weighted by Gasteiger charge is -2.15. The van der Waals surface area contributed by atoms with Gasteiger partial charge in [0.25, 0.3) is 11.5 Å². The summed E-state index contributed by atoms with van der Waals surface area (Å²) in [5.74, 6) is -0.989. The number of hydrogen-bond donors (Lipinski definition) is 1. The number of nitrogens with zero attached hydrogens (tertiary/aromatic N) is 1. The van der Waals surface area contributed by atoms with Crippen molar-refractivity contribution in [1.82, 2.24) is 4.57 Å². The molecule has 0 fully saturated rings. The molecule has 0 aliphatic carbocycles. The van der Waals surface area contributed by atoms with Crippen molar-refractivity contribution < 1.29 is 31.1 Å². The molecule has 1 aromatic heterocycles. The van der Waals surface area contributed by atoms with Crippen LogP contribution in [-0.2, 0) is 18.9 Å². The van der Waals surface area contributed by atoms with Gasteiger partial charge in [0.1, 0.15) is 0 Å². The van der Waals surface area contributed by atoms with Crippen molar-refractivity contribution in [2.75, 3.05) is 5.32 Å². The van der Waals surface area contributed by atoms with Gasteiger partial charge in [-0.3, -0.25) is 9.59 Å². The van der Waals surface area contributed by atoms with E-state index in [1.54, 1.807) is 24.3 Å². The first-order valence-corrected chi connectivity index (χ1v) is 9.26. The van der Waals surface area contributed by atoms with Crippen LogP contribution >= 0.6 is 11.6 Å². The molecule has 0 spiro atoms. The molecule has 2 aromatic carbocycles. The second kappa shape index (κ2) is 8.70. The molecular formula is C21H13ClF6N2O2. The molecule has 0 saturated carbocycles. The molecule has 0 saturated heterocycles. The van der Waals surface area contributed by atoms with Crippen LogP contribution in [-0.4, -0.2) is 10.5 Å². The predicted octanol–water partition coefficient (Wildman–Crippen LogP) is 5.84. The number of alkyl halides is 6. The van der Waals surface area contributed by atoms with E-state index in [-0.39, 0.29) is 18.2 Å². The Morgan fingerprint density at radius 3 is 2.09 bits per heavy atom. The summed E-state index contributed by atoms with van der Waals surface area (Å²) in [5.41, 5.74) is -3.78. The van der Waals surface area contributed by atoms with Crippen molar-refractivity contribution in [2.45, 2.75) is 18.9 Å². The summed E-state index contributed by atoms with van der Waals surface area (Å²) in [6.07, 6.45) is -8.95. The topological polar surface area (TPSA) is 51.1 Å². The minimum Gasteiger partial charge on any atom is -0.322 e. The summed E-state index contributed by atoms with van der Waals surface area (Å²) in [5, 5.41) is 2.45. The fraction of sp³-hybridized carbons (Fsp3) is 0.143. The Balaban J connectivity index is 1.91. The fourth-order valence-corrected chi connectivity index (χ4v) is 3.06. The molecule has 0 aliphatic heterocycles. The van der Waals surface area contributed by atoms with Crippen molar-refractivity contribution in [1.29, 1.82) is 0 Å². The number of benzene rings is 2. The summed E-state index contributed by atoms with van der Waals surface area (Å²) >= 11 is 5.90. The van der Waals surface area contributed by atoms with Gasteiger partial charge in [-0.15, -0.1) is 0 Å². The highest BCUT2D eigenvalue weighted by molar-refractivity contribution is 6.30. The van der Waals surface area contributed by atoms with Crippen LogP contribution < -0.4 is 10.9 Å². The first kappa shape index (κ1) is 23.4. The molecule has 1 amide bonds. The molecule has 0 unspecified atom stereocenters. The van der Waals surface area contributed by atoms with Gasteiger partial charge in [0.15, 0.2) is 0 Å². The average molecular weight is 475 g/mol. The summed E-state index contributed by atoms with van der Waals surface area (Å²) < 4.78 is 79.2. The molecule has 1 N–H and O–H groups in total. The quantitative estimate of drug-likeness (QED) is 0.483. The van der Waals surface area contributed by atoms with Crippen LogP contribution in [0.5, 0.6) is 0 Å². The minimum atomic E-state index is -5.05. The first-order chi connectivity index (χ1) is 14.8. The first-order valence-electron chi connectivity index (χ1n) is 8.89. The number of hydrogen-bond acceptors (Lipinski definition) is 2. The Bertz CT molecular complexity index is 1190. The number of aromatic nitrogens is 1. The largest absolute Gasteiger partial charge is 0.416 e. The monoisotopic (exact) mass is 474 g/mol. The van der Waals surface area contributed by atoms with Crippen molar-refractivity contribution in [3.05, 3.63) is 98.4 Å². The zero-order chi connectivity index (χ0) is 23.7. The third-order valence-corrected chi connectivity index (χ3v) is 4.57. The smallest absolute Gasteiger partial charge is 0.322 e. The Hall–Kier alpha value is -3.27. The lowest BCUT2D eigenvalue weighted by molar-refractivity contribution is -0.143. The summed E-state index contributed by atoms with van der Waals surface area (Å²) in [6, 6.07) is 9.50. The number of rotatable bonds is 4. The summed E-state index contributed by atoms with van der Waals surface area (Å²) in [4.78, 5) is 24.6. The van der Waals surface area contributed by atoms with Gasteiger partial charge >= 0.3 is 12.4 Å². The van der Waals surface area contributed by atoms with Crippen LogP contribution in [0.15, 0.2) is 65.6 Å². The van der Waals surface area contributed by atoms with Crippen molar-refractivity contribution in [3.8, 4) is 0 Å². The zero-order valence-corrected chi connectivity index (χ0v) is 16.6. The Labute approximate surface area is 182 Å². The molecule has 168 valence electrons. The number of anilines is 1. The molecular weight excluding hydrogens is 462 g/mol. The van der Waals surface area contributed by atoms with E-state index in [1.165, 1.54) is 0 Å². The predicted molar refractivity (Wildman–Crippen MR) is 106 cm³/mol. The van der Waals surface area contributed by atoms with E-state index in [4.69, 9.17) is 11.6 Å². The Kier molecular flexibility index (Phi) is 6.36. The number of nitrogens with one attached hydrogen (secondary N) is 1. The van der Waals surface area contributed by atoms with Gasteiger partial charge in [-0.2, -0.15) is 26.3 Å². The highest BCUT2D eigenvalue weighted by Gasteiger charge is 2.37. The molecule has 1 heterocycles. The van der Waals surface area contributed by atoms with Gasteiger partial charge < -0.3 is 9.88 Å². The highest BCUT2D eigenvalue weighted by atomic mass is 35.5. The van der Waals surface area contributed by atoms with Crippen LogP contribution in [0.1, 0.15) is 27.0 Å². The van der Waals surface area contributed by atoms with Gasteiger partial charge in [-0.25, -0.2) is 0 Å². The van der Waals surface area contributed by atoms with Crippen LogP contribution in [0, 0.1) is 0 Å². The van der Waals surface area contributed by atoms with E-state index in [0.29, 0.717) is 22.7 Å². The number of halogens is 7. The second-order valence-electron chi connectivity index (χ2n) is 6.76. The van der Waals surface area contributed by atoms with E-state index < -0.39 is 40.6 Å². The third kappa shape index (κ3) is 5.70. The average Bonchev–Trinajstić information content (AvgIpc) is 2.68. The van der Waals surface area contributed by atoms with Gasteiger partial charge in [0, 0.05) is 23.0 Å². The van der Waals surface area contributed by atoms with E-state index in [2.05, 4.69) is 0 Å². The minimum absolute atomic E-state index is 0.0408. The SMILES string of the molecule is O=C(Nc1cc(C(F)(F)F)cc(C(F)(F)F)c1)c1ccc(=O)n(Cc2cccc(Cl)c2)c1. The van der Waals surface area contributed by atoms with Crippen LogP contribution in [0.25, 0.3) is 0 Å². The number of carbonyl (C=O) groups is 1. The Morgan fingerprint density at radius 2 is 1.53 bits per heavy atom. The number of amides is 1. The van der Waals surface area contributed by atoms with Crippen molar-refractivity contribution in [3.63, 3.8) is 0 Å². The van der Waals surface area contributed by atoms with Gasteiger partial charge in [-0.1, -0.05) is 23.7 Å². The van der Waals surface area contributed by atoms with Gasteiger partial charge in [0.2, 0.25) is 0 Å². The molecule has 0 radical (unpaired) electrons. The lowest BCUT2D eigenvalue weighted by Crippen LogP contribution is -2.23. The zero-order valence-electron chi connectivity index (χ0n) is 15.9. The van der Waals surface area contributed by atoms with E-state index in [0.717, 1.165) is 22.9 Å². The molecule has 0 bridgehead atoms. The second-order valence-corrected chi connectivity index (χ2v) is 7.20. The molecule has 3 aromatic rings. The molecule has 3 rings (SSSR count). The lowest BCUT2D eigenvalue weighted by atomic mass is 10.1.